The second-order valence-electron chi connectivity index (χ2n) is 8.29. The van der Waals surface area contributed by atoms with Crippen LogP contribution in [0.15, 0.2) is 60.0 Å². The van der Waals surface area contributed by atoms with Gasteiger partial charge in [0.15, 0.2) is 0 Å². The summed E-state index contributed by atoms with van der Waals surface area (Å²) < 4.78 is 10.7. The number of hydrogen-bond acceptors (Lipinski definition) is 7. The number of aromatic nitrogens is 1. The number of urea groups is 1. The molecule has 0 saturated carbocycles. The van der Waals surface area contributed by atoms with Crippen LogP contribution in [0.2, 0.25) is 0 Å². The highest BCUT2D eigenvalue weighted by Crippen LogP contribution is 2.28. The van der Waals surface area contributed by atoms with Gasteiger partial charge >= 0.3 is 6.03 Å². The van der Waals surface area contributed by atoms with E-state index in [1.807, 2.05) is 59.5 Å². The lowest BCUT2D eigenvalue weighted by molar-refractivity contribution is 0.0741. The zero-order chi connectivity index (χ0) is 25.3. The number of carbonyl (C=O) groups is 2. The molecule has 3 aromatic rings. The Hall–Kier alpha value is -3.63. The van der Waals surface area contributed by atoms with Crippen molar-refractivity contribution in [1.29, 1.82) is 0 Å². The summed E-state index contributed by atoms with van der Waals surface area (Å²) in [4.78, 5) is 36.2. The predicted octanol–water partition coefficient (Wildman–Crippen LogP) is 3.79. The molecule has 190 valence electrons. The van der Waals surface area contributed by atoms with Crippen LogP contribution < -0.4 is 15.0 Å². The molecule has 0 atom stereocenters. The predicted molar refractivity (Wildman–Crippen MR) is 141 cm³/mol. The van der Waals surface area contributed by atoms with Crippen molar-refractivity contribution >= 4 is 34.6 Å². The number of rotatable bonds is 9. The number of nitrogens with one attached hydrogen (secondary N) is 1. The molecular formula is C26H31N5O4S. The standard InChI is InChI=1S/C26H31N5O4S/c1-34-17-16-31(26(33)27-20-8-4-3-5-9-20)18-24-28-21(19-36-24)25(32)30-14-12-29(13-15-30)22-10-6-7-11-23(22)35-2/h3-11,19H,12-18H2,1-2H3,(H,27,33). The molecule has 1 aliphatic heterocycles. The first-order valence-corrected chi connectivity index (χ1v) is 12.7. The SMILES string of the molecule is COCCN(Cc1nc(C(=O)N2CCN(c3ccccc3OC)CC2)cs1)C(=O)Nc1ccccc1. The van der Waals surface area contributed by atoms with Crippen molar-refractivity contribution in [3.8, 4) is 5.75 Å². The third-order valence-electron chi connectivity index (χ3n) is 5.97. The zero-order valence-electron chi connectivity index (χ0n) is 20.6. The summed E-state index contributed by atoms with van der Waals surface area (Å²) in [7, 11) is 3.27. The number of piperazine rings is 1. The molecule has 1 fully saturated rings. The Morgan fingerprint density at radius 1 is 1.03 bits per heavy atom. The van der Waals surface area contributed by atoms with Gasteiger partial charge in [0.2, 0.25) is 0 Å². The van der Waals surface area contributed by atoms with E-state index in [1.54, 1.807) is 24.5 Å². The topological polar surface area (TPSA) is 87.2 Å². The smallest absolute Gasteiger partial charge is 0.322 e. The van der Waals surface area contributed by atoms with E-state index in [0.29, 0.717) is 62.3 Å². The quantitative estimate of drug-likeness (QED) is 0.472. The fraction of sp³-hybridized carbons (Fsp3) is 0.346. The number of methoxy groups -OCH3 is 2. The number of benzene rings is 2. The summed E-state index contributed by atoms with van der Waals surface area (Å²) in [5.41, 5.74) is 2.16. The first kappa shape index (κ1) is 25.5. The van der Waals surface area contributed by atoms with Crippen molar-refractivity contribution in [2.24, 2.45) is 0 Å². The van der Waals surface area contributed by atoms with Crippen LogP contribution in [0.25, 0.3) is 0 Å². The average molecular weight is 510 g/mol. The molecule has 0 unspecified atom stereocenters. The van der Waals surface area contributed by atoms with Crippen molar-refractivity contribution in [1.82, 2.24) is 14.8 Å². The van der Waals surface area contributed by atoms with Crippen LogP contribution in [-0.4, -0.2) is 80.3 Å². The van der Waals surface area contributed by atoms with Gasteiger partial charge in [-0.3, -0.25) is 4.79 Å². The maximum absolute atomic E-state index is 13.1. The Labute approximate surface area is 215 Å². The lowest BCUT2D eigenvalue weighted by Gasteiger charge is -2.36. The van der Waals surface area contributed by atoms with Gasteiger partial charge in [0.1, 0.15) is 16.5 Å². The number of thiazole rings is 1. The van der Waals surface area contributed by atoms with Crippen molar-refractivity contribution in [3.63, 3.8) is 0 Å². The molecule has 2 heterocycles. The highest BCUT2D eigenvalue weighted by atomic mass is 32.1. The van der Waals surface area contributed by atoms with Gasteiger partial charge < -0.3 is 29.5 Å². The number of amides is 3. The normalized spacial score (nSPS) is 13.4. The molecule has 2 aromatic carbocycles. The molecule has 3 amide bonds. The minimum Gasteiger partial charge on any atom is -0.495 e. The fourth-order valence-corrected chi connectivity index (χ4v) is 4.81. The molecule has 4 rings (SSSR count). The van der Waals surface area contributed by atoms with E-state index in [-0.39, 0.29) is 11.9 Å². The van der Waals surface area contributed by atoms with Gasteiger partial charge in [-0.05, 0) is 24.3 Å². The number of anilines is 2. The minimum absolute atomic E-state index is 0.0886. The van der Waals surface area contributed by atoms with Crippen molar-refractivity contribution in [2.75, 3.05) is 63.8 Å². The van der Waals surface area contributed by atoms with Gasteiger partial charge in [-0.25, -0.2) is 9.78 Å². The zero-order valence-corrected chi connectivity index (χ0v) is 21.4. The minimum atomic E-state index is -0.242. The number of nitrogens with zero attached hydrogens (tertiary/aromatic N) is 4. The summed E-state index contributed by atoms with van der Waals surface area (Å²) in [6.07, 6.45) is 0. The van der Waals surface area contributed by atoms with Crippen LogP contribution in [0.1, 0.15) is 15.5 Å². The van der Waals surface area contributed by atoms with E-state index in [9.17, 15) is 9.59 Å². The van der Waals surface area contributed by atoms with E-state index in [2.05, 4.69) is 15.2 Å². The van der Waals surface area contributed by atoms with Gasteiger partial charge in [-0.15, -0.1) is 11.3 Å². The highest BCUT2D eigenvalue weighted by molar-refractivity contribution is 7.09. The summed E-state index contributed by atoms with van der Waals surface area (Å²) in [5.74, 6) is 0.741. The molecule has 0 radical (unpaired) electrons. The third-order valence-corrected chi connectivity index (χ3v) is 6.80. The molecule has 0 aliphatic carbocycles. The van der Waals surface area contributed by atoms with Crippen molar-refractivity contribution in [2.45, 2.75) is 6.54 Å². The van der Waals surface area contributed by atoms with E-state index in [0.717, 1.165) is 11.4 Å². The van der Waals surface area contributed by atoms with E-state index >= 15 is 0 Å². The monoisotopic (exact) mass is 509 g/mol. The number of ether oxygens (including phenoxy) is 2. The maximum atomic E-state index is 13.1. The van der Waals surface area contributed by atoms with Crippen LogP contribution in [0.3, 0.4) is 0 Å². The van der Waals surface area contributed by atoms with Crippen LogP contribution in [0.5, 0.6) is 5.75 Å². The Morgan fingerprint density at radius 2 is 1.75 bits per heavy atom. The van der Waals surface area contributed by atoms with Crippen LogP contribution in [-0.2, 0) is 11.3 Å². The van der Waals surface area contributed by atoms with Gasteiger partial charge in [-0.1, -0.05) is 30.3 Å². The molecular weight excluding hydrogens is 478 g/mol. The Balaban J connectivity index is 1.36. The summed E-state index contributed by atoms with van der Waals surface area (Å²) >= 11 is 1.38. The van der Waals surface area contributed by atoms with Gasteiger partial charge in [0.25, 0.3) is 5.91 Å². The fourth-order valence-electron chi connectivity index (χ4n) is 4.03. The second-order valence-corrected chi connectivity index (χ2v) is 9.23. The number of para-hydroxylation sites is 3. The third kappa shape index (κ3) is 6.32. The Bertz CT molecular complexity index is 1150. The summed E-state index contributed by atoms with van der Waals surface area (Å²) in [5, 5.41) is 5.37. The summed E-state index contributed by atoms with van der Waals surface area (Å²) in [6.45, 7) is 3.73. The molecule has 9 nitrogen and oxygen atoms in total. The molecule has 1 aromatic heterocycles. The molecule has 36 heavy (non-hydrogen) atoms. The van der Waals surface area contributed by atoms with E-state index < -0.39 is 0 Å². The lowest BCUT2D eigenvalue weighted by Crippen LogP contribution is -2.49. The van der Waals surface area contributed by atoms with E-state index in [4.69, 9.17) is 9.47 Å². The highest BCUT2D eigenvalue weighted by Gasteiger charge is 2.26. The molecule has 1 N–H and O–H groups in total. The van der Waals surface area contributed by atoms with Gasteiger partial charge in [0.05, 0.1) is 25.9 Å². The maximum Gasteiger partial charge on any atom is 0.322 e. The molecule has 1 saturated heterocycles. The average Bonchev–Trinajstić information content (AvgIpc) is 3.40. The van der Waals surface area contributed by atoms with E-state index in [1.165, 1.54) is 11.3 Å². The van der Waals surface area contributed by atoms with Gasteiger partial charge in [0, 0.05) is 50.9 Å². The molecule has 10 heteroatoms. The first-order chi connectivity index (χ1) is 17.6. The van der Waals surface area contributed by atoms with Crippen LogP contribution in [0, 0.1) is 0 Å². The van der Waals surface area contributed by atoms with Crippen LogP contribution >= 0.6 is 11.3 Å². The molecule has 1 aliphatic rings. The van der Waals surface area contributed by atoms with Crippen molar-refractivity contribution in [3.05, 3.63) is 70.7 Å². The summed E-state index contributed by atoms with van der Waals surface area (Å²) in [6, 6.07) is 17.0. The number of carbonyl (C=O) groups excluding carboxylic acids is 2. The second kappa shape index (κ2) is 12.4. The van der Waals surface area contributed by atoms with Gasteiger partial charge in [-0.2, -0.15) is 0 Å². The Morgan fingerprint density at radius 3 is 2.47 bits per heavy atom. The Kier molecular flexibility index (Phi) is 8.75. The first-order valence-electron chi connectivity index (χ1n) is 11.8. The largest absolute Gasteiger partial charge is 0.495 e. The number of hydrogen-bond donors (Lipinski definition) is 1. The molecule has 0 spiro atoms. The van der Waals surface area contributed by atoms with Crippen LogP contribution in [0.4, 0.5) is 16.2 Å². The van der Waals surface area contributed by atoms with Crippen molar-refractivity contribution < 1.29 is 19.1 Å². The molecule has 0 bridgehead atoms. The lowest BCUT2D eigenvalue weighted by atomic mass is 10.2.